The maximum atomic E-state index is 6.84. The molecule has 2 aliphatic carbocycles. The van der Waals surface area contributed by atoms with Crippen molar-refractivity contribution in [1.82, 2.24) is 9.55 Å². The zero-order chi connectivity index (χ0) is 39.8. The second-order valence-corrected chi connectivity index (χ2v) is 16.5. The third kappa shape index (κ3) is 4.24. The third-order valence-corrected chi connectivity index (χ3v) is 13.6. The average Bonchev–Trinajstić information content (AvgIpc) is 4.05. The van der Waals surface area contributed by atoms with E-state index in [2.05, 4.69) is 211 Å². The number of pyridine rings is 1. The second kappa shape index (κ2) is 12.0. The summed E-state index contributed by atoms with van der Waals surface area (Å²) in [5.41, 5.74) is 20.5. The van der Waals surface area contributed by atoms with E-state index in [-0.39, 0.29) is 0 Å². The Hall–Kier alpha value is -8.01. The molecule has 0 fully saturated rings. The monoisotopic (exact) mass is 774 g/mol. The molecule has 2 aliphatic rings. The number of furan rings is 1. The van der Waals surface area contributed by atoms with Gasteiger partial charge in [-0.25, -0.2) is 4.98 Å². The molecule has 282 valence electrons. The van der Waals surface area contributed by atoms with Crippen LogP contribution in [0.15, 0.2) is 211 Å². The van der Waals surface area contributed by atoms with Gasteiger partial charge in [-0.2, -0.15) is 0 Å². The molecule has 12 aromatic rings. The molecule has 61 heavy (non-hydrogen) atoms. The molecule has 0 amide bonds. The van der Waals surface area contributed by atoms with Crippen molar-refractivity contribution in [2.24, 2.45) is 0 Å². The largest absolute Gasteiger partial charge is 0.455 e. The number of aromatic nitrogens is 2. The fourth-order valence-electron chi connectivity index (χ4n) is 11.2. The number of hydrogen-bond donors (Lipinski definition) is 0. The van der Waals surface area contributed by atoms with Gasteiger partial charge in [-0.3, -0.25) is 0 Å². The normalized spacial score (nSPS) is 13.4. The van der Waals surface area contributed by atoms with Gasteiger partial charge in [0.15, 0.2) is 0 Å². The molecule has 0 aliphatic heterocycles. The lowest BCUT2D eigenvalue weighted by atomic mass is 9.70. The van der Waals surface area contributed by atoms with E-state index in [0.717, 1.165) is 60.9 Å². The molecule has 0 radical (unpaired) electrons. The van der Waals surface area contributed by atoms with Crippen molar-refractivity contribution >= 4 is 54.6 Å². The van der Waals surface area contributed by atoms with Crippen LogP contribution in [0.3, 0.4) is 0 Å². The summed E-state index contributed by atoms with van der Waals surface area (Å²) in [6.07, 6.45) is 0. The standard InChI is InChI=1S/C58H34N2O/c1-2-15-35(16-3-1)45-34-52(59-51-27-12-7-19-39(45)51)44-23-14-22-42-46-33-36(29-32-54(46)61-57(42)44)60-53-28-13-8-20-40(53)41-30-31-50-55(56(41)60)43-21-6-11-26-49(43)58(50)47-24-9-4-17-37(47)38-18-5-10-25-48(38)58/h1-34H. The molecule has 3 nitrogen and oxygen atoms in total. The third-order valence-electron chi connectivity index (χ3n) is 13.6. The second-order valence-electron chi connectivity index (χ2n) is 16.5. The quantitative estimate of drug-likeness (QED) is 0.179. The Morgan fingerprint density at radius 3 is 1.85 bits per heavy atom. The van der Waals surface area contributed by atoms with E-state index in [1.54, 1.807) is 0 Å². The van der Waals surface area contributed by atoms with Crippen LogP contribution in [0.25, 0.3) is 105 Å². The average molecular weight is 775 g/mol. The van der Waals surface area contributed by atoms with Gasteiger partial charge in [0, 0.05) is 43.7 Å². The minimum absolute atomic E-state index is 0.424. The van der Waals surface area contributed by atoms with Crippen molar-refractivity contribution < 1.29 is 4.42 Å². The van der Waals surface area contributed by atoms with Crippen molar-refractivity contribution in [1.29, 1.82) is 0 Å². The molecule has 0 atom stereocenters. The molecular weight excluding hydrogens is 741 g/mol. The van der Waals surface area contributed by atoms with Crippen molar-refractivity contribution in [2.75, 3.05) is 0 Å². The van der Waals surface area contributed by atoms with Gasteiger partial charge in [0.05, 0.1) is 27.7 Å². The Morgan fingerprint density at radius 2 is 1.05 bits per heavy atom. The highest BCUT2D eigenvalue weighted by Crippen LogP contribution is 2.64. The Bertz CT molecular complexity index is 3790. The van der Waals surface area contributed by atoms with Crippen LogP contribution < -0.4 is 0 Å². The van der Waals surface area contributed by atoms with E-state index in [4.69, 9.17) is 9.40 Å². The van der Waals surface area contributed by atoms with E-state index in [1.807, 2.05) is 0 Å². The van der Waals surface area contributed by atoms with Gasteiger partial charge in [0.25, 0.3) is 0 Å². The molecule has 0 N–H and O–H groups in total. The molecule has 0 bridgehead atoms. The van der Waals surface area contributed by atoms with E-state index in [0.29, 0.717) is 0 Å². The van der Waals surface area contributed by atoms with Crippen LogP contribution >= 0.6 is 0 Å². The molecule has 0 unspecified atom stereocenters. The SMILES string of the molecule is c1ccc(-c2cc(-c3cccc4c3oc3ccc(-n5c6ccccc6c6ccc7c(c65)-c5ccccc5C75c6ccccc6-c6ccccc65)cc34)nc3ccccc23)cc1. The lowest BCUT2D eigenvalue weighted by Gasteiger charge is -2.30. The number of hydrogen-bond acceptors (Lipinski definition) is 2. The van der Waals surface area contributed by atoms with Gasteiger partial charge in [-0.15, -0.1) is 0 Å². The lowest BCUT2D eigenvalue weighted by molar-refractivity contribution is 0.670. The molecule has 3 aromatic heterocycles. The summed E-state index contributed by atoms with van der Waals surface area (Å²) in [6.45, 7) is 0. The molecule has 14 rings (SSSR count). The zero-order valence-electron chi connectivity index (χ0n) is 32.9. The van der Waals surface area contributed by atoms with E-state index in [1.165, 1.54) is 66.3 Å². The number of benzene rings is 9. The van der Waals surface area contributed by atoms with Crippen molar-refractivity contribution in [3.63, 3.8) is 0 Å². The van der Waals surface area contributed by atoms with Gasteiger partial charge in [-0.1, -0.05) is 164 Å². The first kappa shape index (κ1) is 32.9. The summed E-state index contributed by atoms with van der Waals surface area (Å²) < 4.78 is 9.35. The molecule has 1 spiro atoms. The number of fused-ring (bicyclic) bond motifs is 18. The Kier molecular flexibility index (Phi) is 6.49. The van der Waals surface area contributed by atoms with Gasteiger partial charge in [0.2, 0.25) is 0 Å². The summed E-state index contributed by atoms with van der Waals surface area (Å²) in [5.74, 6) is 0. The van der Waals surface area contributed by atoms with Crippen LogP contribution in [0.1, 0.15) is 22.3 Å². The van der Waals surface area contributed by atoms with E-state index in [9.17, 15) is 0 Å². The van der Waals surface area contributed by atoms with Crippen LogP contribution in [-0.2, 0) is 5.41 Å². The van der Waals surface area contributed by atoms with Gasteiger partial charge in [0.1, 0.15) is 11.2 Å². The highest BCUT2D eigenvalue weighted by molar-refractivity contribution is 6.17. The van der Waals surface area contributed by atoms with Gasteiger partial charge < -0.3 is 8.98 Å². The number of rotatable bonds is 3. The van der Waals surface area contributed by atoms with Crippen LogP contribution in [0.2, 0.25) is 0 Å². The summed E-state index contributed by atoms with van der Waals surface area (Å²) >= 11 is 0. The van der Waals surface area contributed by atoms with Crippen LogP contribution in [0.5, 0.6) is 0 Å². The molecule has 3 heterocycles. The fraction of sp³-hybridized carbons (Fsp3) is 0.0172. The van der Waals surface area contributed by atoms with Crippen LogP contribution in [-0.4, -0.2) is 9.55 Å². The Morgan fingerprint density at radius 1 is 0.410 bits per heavy atom. The van der Waals surface area contributed by atoms with Crippen LogP contribution in [0.4, 0.5) is 0 Å². The lowest BCUT2D eigenvalue weighted by Crippen LogP contribution is -2.25. The first-order chi connectivity index (χ1) is 30.3. The van der Waals surface area contributed by atoms with Gasteiger partial charge in [-0.05, 0) is 92.5 Å². The van der Waals surface area contributed by atoms with Crippen LogP contribution in [0, 0.1) is 0 Å². The molecule has 3 heteroatoms. The number of para-hydroxylation sites is 3. The molecule has 9 aromatic carbocycles. The highest BCUT2D eigenvalue weighted by atomic mass is 16.3. The topological polar surface area (TPSA) is 31.0 Å². The number of nitrogens with zero attached hydrogens (tertiary/aromatic N) is 2. The van der Waals surface area contributed by atoms with Crippen molar-refractivity contribution in [2.45, 2.75) is 5.41 Å². The Labute approximate surface area is 351 Å². The predicted octanol–water partition coefficient (Wildman–Crippen LogP) is 14.9. The summed E-state index contributed by atoms with van der Waals surface area (Å²) in [7, 11) is 0. The molecular formula is C58H34N2O. The maximum Gasteiger partial charge on any atom is 0.144 e. The Balaban J connectivity index is 1.03. The smallest absolute Gasteiger partial charge is 0.144 e. The molecule has 0 saturated heterocycles. The van der Waals surface area contributed by atoms with E-state index >= 15 is 0 Å². The van der Waals surface area contributed by atoms with E-state index < -0.39 is 5.41 Å². The van der Waals surface area contributed by atoms with Crippen molar-refractivity contribution in [3.05, 3.63) is 229 Å². The van der Waals surface area contributed by atoms with Gasteiger partial charge >= 0.3 is 0 Å². The predicted molar refractivity (Wildman–Crippen MR) is 251 cm³/mol. The minimum atomic E-state index is -0.424. The van der Waals surface area contributed by atoms with Crippen molar-refractivity contribution in [3.8, 4) is 50.3 Å². The first-order valence-electron chi connectivity index (χ1n) is 21.0. The highest BCUT2D eigenvalue weighted by Gasteiger charge is 2.52. The summed E-state index contributed by atoms with van der Waals surface area (Å²) in [6, 6.07) is 75.2. The summed E-state index contributed by atoms with van der Waals surface area (Å²) in [4.78, 5) is 5.22. The zero-order valence-corrected chi connectivity index (χ0v) is 32.9. The molecule has 0 saturated carbocycles. The maximum absolute atomic E-state index is 6.84. The summed E-state index contributed by atoms with van der Waals surface area (Å²) in [5, 5.41) is 5.76. The first-order valence-corrected chi connectivity index (χ1v) is 21.0. The minimum Gasteiger partial charge on any atom is -0.455 e. The fourth-order valence-corrected chi connectivity index (χ4v) is 11.2.